The van der Waals surface area contributed by atoms with Gasteiger partial charge in [0.05, 0.1) is 6.04 Å². The molecule has 1 atom stereocenters. The van der Waals surface area contributed by atoms with E-state index in [9.17, 15) is 0 Å². The van der Waals surface area contributed by atoms with E-state index in [4.69, 9.17) is 0 Å². The fourth-order valence-corrected chi connectivity index (χ4v) is 2.22. The highest BCUT2D eigenvalue weighted by Crippen LogP contribution is 2.18. The van der Waals surface area contributed by atoms with Gasteiger partial charge in [0.15, 0.2) is 0 Å². The third kappa shape index (κ3) is 2.48. The van der Waals surface area contributed by atoms with Gasteiger partial charge in [-0.3, -0.25) is 4.98 Å². The smallest absolute Gasteiger partial charge is 0.122 e. The van der Waals surface area contributed by atoms with Gasteiger partial charge in [-0.05, 0) is 23.9 Å². The van der Waals surface area contributed by atoms with Crippen LogP contribution < -0.4 is 5.32 Å². The third-order valence-corrected chi connectivity index (χ3v) is 3.30. The number of aromatic amines is 1. The van der Waals surface area contributed by atoms with E-state index in [0.29, 0.717) is 0 Å². The zero-order valence-corrected chi connectivity index (χ0v) is 10.8. The molecule has 19 heavy (non-hydrogen) atoms. The summed E-state index contributed by atoms with van der Waals surface area (Å²) in [4.78, 5) is 11.5. The van der Waals surface area contributed by atoms with Crippen LogP contribution in [0, 0.1) is 0 Å². The molecule has 0 saturated carbocycles. The molecule has 96 valence electrons. The molecule has 0 amide bonds. The summed E-state index contributed by atoms with van der Waals surface area (Å²) in [5.41, 5.74) is 1.28. The lowest BCUT2D eigenvalue weighted by atomic mass is 10.1. The van der Waals surface area contributed by atoms with Crippen molar-refractivity contribution in [1.29, 1.82) is 0 Å². The van der Waals surface area contributed by atoms with Gasteiger partial charge in [0.25, 0.3) is 0 Å². The first-order chi connectivity index (χ1) is 9.34. The van der Waals surface area contributed by atoms with Crippen molar-refractivity contribution in [3.05, 3.63) is 60.4 Å². The second-order valence-electron chi connectivity index (χ2n) is 4.59. The Morgan fingerprint density at radius 3 is 3.05 bits per heavy atom. The lowest BCUT2D eigenvalue weighted by Gasteiger charge is -2.12. The minimum Gasteiger partial charge on any atom is -0.347 e. The number of nitrogens with zero attached hydrogens (tertiary/aromatic N) is 2. The summed E-state index contributed by atoms with van der Waals surface area (Å²) in [7, 11) is 0. The van der Waals surface area contributed by atoms with Gasteiger partial charge in [-0.25, -0.2) is 4.98 Å². The van der Waals surface area contributed by atoms with Gasteiger partial charge in [-0.2, -0.15) is 0 Å². The van der Waals surface area contributed by atoms with E-state index in [2.05, 4.69) is 51.5 Å². The Morgan fingerprint density at radius 1 is 1.26 bits per heavy atom. The van der Waals surface area contributed by atoms with Gasteiger partial charge in [0.1, 0.15) is 5.82 Å². The highest BCUT2D eigenvalue weighted by atomic mass is 15.0. The highest BCUT2D eigenvalue weighted by Gasteiger charge is 2.07. The molecular formula is C15H16N4. The van der Waals surface area contributed by atoms with Crippen LogP contribution in [0.3, 0.4) is 0 Å². The first-order valence-electron chi connectivity index (χ1n) is 6.39. The van der Waals surface area contributed by atoms with E-state index in [0.717, 1.165) is 12.4 Å². The maximum Gasteiger partial charge on any atom is 0.122 e. The Balaban J connectivity index is 1.79. The number of pyridine rings is 1. The molecule has 1 aromatic carbocycles. The molecular weight excluding hydrogens is 236 g/mol. The molecule has 4 heteroatoms. The van der Waals surface area contributed by atoms with Crippen LogP contribution in [-0.4, -0.2) is 15.0 Å². The number of hydrogen-bond donors (Lipinski definition) is 2. The number of aromatic nitrogens is 3. The number of fused-ring (bicyclic) bond motifs is 1. The molecule has 0 aliphatic heterocycles. The van der Waals surface area contributed by atoms with E-state index < -0.39 is 0 Å². The van der Waals surface area contributed by atoms with Crippen molar-refractivity contribution < 1.29 is 0 Å². The van der Waals surface area contributed by atoms with E-state index in [-0.39, 0.29) is 6.04 Å². The van der Waals surface area contributed by atoms with E-state index in [1.54, 1.807) is 6.20 Å². The van der Waals surface area contributed by atoms with Crippen molar-refractivity contribution in [2.24, 2.45) is 0 Å². The van der Waals surface area contributed by atoms with Crippen molar-refractivity contribution in [2.75, 3.05) is 0 Å². The fraction of sp³-hybridized carbons (Fsp3) is 0.200. The third-order valence-electron chi connectivity index (χ3n) is 3.30. The molecule has 2 aromatic heterocycles. The van der Waals surface area contributed by atoms with Crippen molar-refractivity contribution in [3.63, 3.8) is 0 Å². The molecule has 0 radical (unpaired) electrons. The average molecular weight is 252 g/mol. The van der Waals surface area contributed by atoms with E-state index in [1.807, 2.05) is 18.6 Å². The molecule has 0 aliphatic carbocycles. The predicted octanol–water partition coefficient (Wildman–Crippen LogP) is 2.81. The number of rotatable bonds is 4. The van der Waals surface area contributed by atoms with Crippen LogP contribution in [0.2, 0.25) is 0 Å². The van der Waals surface area contributed by atoms with Gasteiger partial charge < -0.3 is 10.3 Å². The van der Waals surface area contributed by atoms with Crippen molar-refractivity contribution >= 4 is 10.8 Å². The Kier molecular flexibility index (Phi) is 3.25. The predicted molar refractivity (Wildman–Crippen MR) is 75.6 cm³/mol. The summed E-state index contributed by atoms with van der Waals surface area (Å²) in [6.45, 7) is 2.91. The summed E-state index contributed by atoms with van der Waals surface area (Å²) in [5.74, 6) is 0.960. The molecule has 0 saturated heterocycles. The summed E-state index contributed by atoms with van der Waals surface area (Å²) in [6, 6.07) is 8.56. The quantitative estimate of drug-likeness (QED) is 0.750. The van der Waals surface area contributed by atoms with Crippen molar-refractivity contribution in [1.82, 2.24) is 20.3 Å². The zero-order valence-electron chi connectivity index (χ0n) is 10.8. The van der Waals surface area contributed by atoms with Gasteiger partial charge in [-0.1, -0.05) is 18.2 Å². The molecule has 0 spiro atoms. The molecule has 1 unspecified atom stereocenters. The van der Waals surface area contributed by atoms with Gasteiger partial charge in [0, 0.05) is 36.7 Å². The minimum absolute atomic E-state index is 0.201. The van der Waals surface area contributed by atoms with E-state index in [1.165, 1.54) is 16.3 Å². The number of benzene rings is 1. The fourth-order valence-electron chi connectivity index (χ4n) is 2.22. The lowest BCUT2D eigenvalue weighted by Crippen LogP contribution is -2.19. The Morgan fingerprint density at radius 2 is 2.21 bits per heavy atom. The first-order valence-corrected chi connectivity index (χ1v) is 6.39. The van der Waals surface area contributed by atoms with Crippen LogP contribution >= 0.6 is 0 Å². The number of H-pyrrole nitrogens is 1. The monoisotopic (exact) mass is 252 g/mol. The van der Waals surface area contributed by atoms with Crippen LogP contribution in [0.1, 0.15) is 24.4 Å². The standard InChI is InChI=1S/C15H16N4/c1-11(15-17-7-8-18-15)19-10-13-4-2-3-12-9-16-6-5-14(12)13/h2-9,11,19H,10H2,1H3,(H,17,18). The molecule has 0 aliphatic rings. The molecule has 4 nitrogen and oxygen atoms in total. The van der Waals surface area contributed by atoms with Crippen molar-refractivity contribution in [3.8, 4) is 0 Å². The summed E-state index contributed by atoms with van der Waals surface area (Å²) in [5, 5.41) is 5.90. The molecule has 3 rings (SSSR count). The first kappa shape index (κ1) is 11.9. The Labute approximate surface area is 111 Å². The SMILES string of the molecule is CC(NCc1cccc2cnccc12)c1ncc[nH]1. The van der Waals surface area contributed by atoms with Gasteiger partial charge in [0.2, 0.25) is 0 Å². The van der Waals surface area contributed by atoms with Crippen LogP contribution in [0.5, 0.6) is 0 Å². The maximum atomic E-state index is 4.26. The topological polar surface area (TPSA) is 53.6 Å². The minimum atomic E-state index is 0.201. The van der Waals surface area contributed by atoms with Crippen LogP contribution in [0.4, 0.5) is 0 Å². The van der Waals surface area contributed by atoms with Gasteiger partial charge in [-0.15, -0.1) is 0 Å². The number of nitrogens with one attached hydrogen (secondary N) is 2. The van der Waals surface area contributed by atoms with Gasteiger partial charge >= 0.3 is 0 Å². The molecule has 2 heterocycles. The van der Waals surface area contributed by atoms with Crippen LogP contribution in [0.15, 0.2) is 49.1 Å². The summed E-state index contributed by atoms with van der Waals surface area (Å²) < 4.78 is 0. The lowest BCUT2D eigenvalue weighted by molar-refractivity contribution is 0.552. The van der Waals surface area contributed by atoms with Crippen molar-refractivity contribution in [2.45, 2.75) is 19.5 Å². The largest absolute Gasteiger partial charge is 0.347 e. The Bertz CT molecular complexity index is 655. The molecule has 3 aromatic rings. The zero-order chi connectivity index (χ0) is 13.1. The van der Waals surface area contributed by atoms with E-state index >= 15 is 0 Å². The normalized spacial score (nSPS) is 12.7. The second kappa shape index (κ2) is 5.20. The molecule has 0 bridgehead atoms. The van der Waals surface area contributed by atoms with Crippen LogP contribution in [-0.2, 0) is 6.54 Å². The Hall–Kier alpha value is -2.20. The summed E-state index contributed by atoms with van der Waals surface area (Å²) in [6.07, 6.45) is 7.35. The van der Waals surface area contributed by atoms with Crippen LogP contribution in [0.25, 0.3) is 10.8 Å². The number of hydrogen-bond acceptors (Lipinski definition) is 3. The molecule has 0 fully saturated rings. The second-order valence-corrected chi connectivity index (χ2v) is 4.59. The maximum absolute atomic E-state index is 4.26. The average Bonchev–Trinajstić information content (AvgIpc) is 2.99. The highest BCUT2D eigenvalue weighted by molar-refractivity contribution is 5.84. The molecule has 2 N–H and O–H groups in total. The number of imidazole rings is 1. The summed E-state index contributed by atoms with van der Waals surface area (Å²) >= 11 is 0.